The summed E-state index contributed by atoms with van der Waals surface area (Å²) in [5, 5.41) is 3.05. The molecule has 28 heavy (non-hydrogen) atoms. The van der Waals surface area contributed by atoms with Crippen LogP contribution in [0.2, 0.25) is 5.02 Å². The number of piperazine rings is 1. The van der Waals surface area contributed by atoms with E-state index in [2.05, 4.69) is 5.16 Å². The monoisotopic (exact) mass is 437 g/mol. The Labute approximate surface area is 163 Å². The maximum Gasteiger partial charge on any atom is 0.417 e. The van der Waals surface area contributed by atoms with Gasteiger partial charge in [0.1, 0.15) is 0 Å². The Balaban J connectivity index is 1.76. The van der Waals surface area contributed by atoms with Gasteiger partial charge in [0.15, 0.2) is 0 Å². The van der Waals surface area contributed by atoms with Crippen molar-refractivity contribution in [3.63, 3.8) is 0 Å². The molecule has 0 saturated carbocycles. The first kappa shape index (κ1) is 20.6. The quantitative estimate of drug-likeness (QED) is 0.737. The van der Waals surface area contributed by atoms with E-state index in [1.807, 2.05) is 0 Å². The highest BCUT2D eigenvalue weighted by atomic mass is 35.5. The highest BCUT2D eigenvalue weighted by Gasteiger charge is 2.36. The number of alkyl halides is 3. The molecule has 0 atom stereocenters. The fourth-order valence-corrected chi connectivity index (χ4v) is 4.46. The first-order chi connectivity index (χ1) is 13.0. The molecular weight excluding hydrogens is 423 g/mol. The smallest absolute Gasteiger partial charge is 0.351 e. The second-order valence-corrected chi connectivity index (χ2v) is 8.51. The van der Waals surface area contributed by atoms with Crippen LogP contribution in [0.5, 0.6) is 0 Å². The molecule has 152 valence electrons. The van der Waals surface area contributed by atoms with Crippen molar-refractivity contribution in [2.75, 3.05) is 26.2 Å². The predicted molar refractivity (Wildman–Crippen MR) is 92.4 cm³/mol. The molecule has 3 rings (SSSR count). The van der Waals surface area contributed by atoms with Crippen LogP contribution in [0.3, 0.4) is 0 Å². The van der Waals surface area contributed by atoms with Gasteiger partial charge in [-0.05, 0) is 25.1 Å². The Hall–Kier alpha value is -2.11. The second kappa shape index (κ2) is 7.37. The van der Waals surface area contributed by atoms with Crippen LogP contribution in [0.1, 0.15) is 21.8 Å². The third-order valence-electron chi connectivity index (χ3n) is 4.25. The highest BCUT2D eigenvalue weighted by molar-refractivity contribution is 7.89. The van der Waals surface area contributed by atoms with Gasteiger partial charge in [0, 0.05) is 32.2 Å². The largest absolute Gasteiger partial charge is 0.417 e. The summed E-state index contributed by atoms with van der Waals surface area (Å²) in [5.74, 6) is -0.384. The molecule has 0 N–H and O–H groups in total. The van der Waals surface area contributed by atoms with Crippen LogP contribution in [0.25, 0.3) is 0 Å². The van der Waals surface area contributed by atoms with Gasteiger partial charge in [0.2, 0.25) is 15.8 Å². The number of halogens is 4. The lowest BCUT2D eigenvalue weighted by Crippen LogP contribution is -2.50. The van der Waals surface area contributed by atoms with E-state index in [4.69, 9.17) is 16.1 Å². The normalized spacial score (nSPS) is 16.4. The molecule has 0 unspecified atom stereocenters. The Morgan fingerprint density at radius 2 is 1.82 bits per heavy atom. The van der Waals surface area contributed by atoms with Crippen LogP contribution >= 0.6 is 11.6 Å². The Bertz CT molecular complexity index is 999. The maximum absolute atomic E-state index is 13.0. The third kappa shape index (κ3) is 4.01. The number of nitrogens with zero attached hydrogens (tertiary/aromatic N) is 3. The molecule has 2 heterocycles. The lowest BCUT2D eigenvalue weighted by molar-refractivity contribution is -0.137. The van der Waals surface area contributed by atoms with Crippen LogP contribution in [0, 0.1) is 6.92 Å². The number of carbonyl (C=O) groups excluding carboxylic acids is 1. The molecule has 7 nitrogen and oxygen atoms in total. The van der Waals surface area contributed by atoms with Crippen molar-refractivity contribution in [2.45, 2.75) is 18.0 Å². The number of hydrogen-bond donors (Lipinski definition) is 0. The molecule has 1 aliphatic heterocycles. The number of rotatable bonds is 3. The van der Waals surface area contributed by atoms with Crippen molar-refractivity contribution in [3.8, 4) is 0 Å². The SMILES string of the molecule is Cc1cc(C(=O)N2CCN(S(=O)(=O)c3ccc(Cl)c(C(F)(F)F)c3)CC2)on1. The highest BCUT2D eigenvalue weighted by Crippen LogP contribution is 2.36. The van der Waals surface area contributed by atoms with E-state index >= 15 is 0 Å². The van der Waals surface area contributed by atoms with Crippen molar-refractivity contribution in [1.82, 2.24) is 14.4 Å². The Kier molecular flexibility index (Phi) is 5.43. The first-order valence-electron chi connectivity index (χ1n) is 8.09. The van der Waals surface area contributed by atoms with E-state index < -0.39 is 37.6 Å². The van der Waals surface area contributed by atoms with Gasteiger partial charge in [-0.15, -0.1) is 0 Å². The van der Waals surface area contributed by atoms with Gasteiger partial charge < -0.3 is 9.42 Å². The lowest BCUT2D eigenvalue weighted by Gasteiger charge is -2.33. The number of carbonyl (C=O) groups is 1. The lowest BCUT2D eigenvalue weighted by atomic mass is 10.2. The van der Waals surface area contributed by atoms with Gasteiger partial charge in [-0.1, -0.05) is 16.8 Å². The average molecular weight is 438 g/mol. The number of aromatic nitrogens is 1. The van der Waals surface area contributed by atoms with Gasteiger partial charge in [0.05, 0.1) is 21.2 Å². The molecule has 0 bridgehead atoms. The van der Waals surface area contributed by atoms with Crippen molar-refractivity contribution in [2.24, 2.45) is 0 Å². The number of hydrogen-bond acceptors (Lipinski definition) is 5. The summed E-state index contributed by atoms with van der Waals surface area (Å²) in [6.45, 7) is 1.66. The van der Waals surface area contributed by atoms with E-state index in [1.54, 1.807) is 6.92 Å². The summed E-state index contributed by atoms with van der Waals surface area (Å²) < 4.78 is 70.4. The minimum atomic E-state index is -4.77. The maximum atomic E-state index is 13.0. The number of sulfonamides is 1. The molecule has 0 radical (unpaired) electrons. The summed E-state index contributed by atoms with van der Waals surface area (Å²) in [5.41, 5.74) is -0.683. The molecular formula is C16H15ClF3N3O4S. The zero-order valence-corrected chi connectivity index (χ0v) is 16.1. The van der Waals surface area contributed by atoms with Crippen molar-refractivity contribution in [1.29, 1.82) is 0 Å². The summed E-state index contributed by atoms with van der Waals surface area (Å²) in [7, 11) is -4.17. The summed E-state index contributed by atoms with van der Waals surface area (Å²) >= 11 is 5.54. The Morgan fingerprint density at radius 3 is 2.36 bits per heavy atom. The minimum absolute atomic E-state index is 0.0429. The van der Waals surface area contributed by atoms with Gasteiger partial charge in [-0.25, -0.2) is 8.42 Å². The number of aryl methyl sites for hydroxylation is 1. The molecule has 12 heteroatoms. The fourth-order valence-electron chi connectivity index (χ4n) is 2.78. The van der Waals surface area contributed by atoms with Crippen LogP contribution in [0.15, 0.2) is 33.7 Å². The Morgan fingerprint density at radius 1 is 1.18 bits per heavy atom. The fraction of sp³-hybridized carbons (Fsp3) is 0.375. The zero-order chi connectivity index (χ0) is 20.7. The first-order valence-corrected chi connectivity index (χ1v) is 9.91. The van der Waals surface area contributed by atoms with Crippen LogP contribution < -0.4 is 0 Å². The number of benzene rings is 1. The third-order valence-corrected chi connectivity index (χ3v) is 6.47. The molecule has 1 aliphatic rings. The molecule has 1 amide bonds. The second-order valence-electron chi connectivity index (χ2n) is 6.17. The predicted octanol–water partition coefficient (Wildman–Crippen LogP) is 2.80. The number of amides is 1. The minimum Gasteiger partial charge on any atom is -0.351 e. The van der Waals surface area contributed by atoms with E-state index in [0.29, 0.717) is 11.8 Å². The molecule has 0 aliphatic carbocycles. The summed E-state index contributed by atoms with van der Waals surface area (Å²) in [6.07, 6.45) is -4.77. The van der Waals surface area contributed by atoms with Crippen LogP contribution in [-0.2, 0) is 16.2 Å². The topological polar surface area (TPSA) is 83.7 Å². The van der Waals surface area contributed by atoms with E-state index in [-0.39, 0.29) is 31.9 Å². The standard InChI is InChI=1S/C16H15ClF3N3O4S/c1-10-8-14(27-21-10)15(24)22-4-6-23(7-5-22)28(25,26)11-2-3-13(17)12(9-11)16(18,19)20/h2-3,8-9H,4-7H2,1H3. The van der Waals surface area contributed by atoms with Crippen molar-refractivity contribution in [3.05, 3.63) is 46.3 Å². The van der Waals surface area contributed by atoms with Crippen LogP contribution in [0.4, 0.5) is 13.2 Å². The molecule has 1 aromatic carbocycles. The summed E-state index contributed by atoms with van der Waals surface area (Å²) in [4.78, 5) is 13.2. The molecule has 1 fully saturated rings. The average Bonchev–Trinajstić information content (AvgIpc) is 3.07. The zero-order valence-electron chi connectivity index (χ0n) is 14.5. The van der Waals surface area contributed by atoms with Gasteiger partial charge in [-0.3, -0.25) is 4.79 Å². The van der Waals surface area contributed by atoms with Crippen LogP contribution in [-0.4, -0.2) is 54.9 Å². The van der Waals surface area contributed by atoms with Gasteiger partial charge in [0.25, 0.3) is 5.91 Å². The van der Waals surface area contributed by atoms with E-state index in [0.717, 1.165) is 16.4 Å². The molecule has 0 spiro atoms. The summed E-state index contributed by atoms with van der Waals surface area (Å²) in [6, 6.07) is 3.93. The van der Waals surface area contributed by atoms with Crippen molar-refractivity contribution >= 4 is 27.5 Å². The van der Waals surface area contributed by atoms with E-state index in [1.165, 1.54) is 11.0 Å². The van der Waals surface area contributed by atoms with E-state index in [9.17, 15) is 26.4 Å². The molecule has 2 aromatic rings. The van der Waals surface area contributed by atoms with Gasteiger partial charge >= 0.3 is 6.18 Å². The molecule has 1 aromatic heterocycles. The van der Waals surface area contributed by atoms with Gasteiger partial charge in [-0.2, -0.15) is 17.5 Å². The van der Waals surface area contributed by atoms with Crippen molar-refractivity contribution < 1.29 is 30.9 Å². The molecule has 1 saturated heterocycles.